The molecule has 1 aromatic rings. The van der Waals surface area contributed by atoms with Crippen molar-refractivity contribution in [2.24, 2.45) is 0 Å². The Hall–Kier alpha value is -1.46. The Morgan fingerprint density at radius 3 is 2.60 bits per heavy atom. The summed E-state index contributed by atoms with van der Waals surface area (Å²) >= 11 is 0. The highest BCUT2D eigenvalue weighted by Gasteiger charge is 2.31. The van der Waals surface area contributed by atoms with Gasteiger partial charge in [-0.05, 0) is 19.9 Å². The van der Waals surface area contributed by atoms with Gasteiger partial charge in [-0.15, -0.1) is 13.2 Å². The second-order valence-electron chi connectivity index (χ2n) is 3.22. The topological polar surface area (TPSA) is 34.1 Å². The van der Waals surface area contributed by atoms with E-state index < -0.39 is 6.36 Å². The van der Waals surface area contributed by atoms with E-state index >= 15 is 0 Å². The number of hydrogen-bond donors (Lipinski definition) is 1. The second kappa shape index (κ2) is 4.37. The summed E-state index contributed by atoms with van der Waals surface area (Å²) in [5.41, 5.74) is 0. The fourth-order valence-corrected chi connectivity index (χ4v) is 0.983. The molecule has 0 aliphatic heterocycles. The van der Waals surface area contributed by atoms with E-state index in [1.54, 1.807) is 0 Å². The van der Waals surface area contributed by atoms with E-state index in [0.717, 1.165) is 6.07 Å². The highest BCUT2D eigenvalue weighted by atomic mass is 19.4. The van der Waals surface area contributed by atoms with Crippen LogP contribution in [-0.4, -0.2) is 17.4 Å². The third-order valence-corrected chi connectivity index (χ3v) is 1.40. The molecule has 3 nitrogen and oxygen atoms in total. The molecule has 0 fully saturated rings. The van der Waals surface area contributed by atoms with Gasteiger partial charge in [0, 0.05) is 18.3 Å². The molecule has 0 aliphatic carbocycles. The van der Waals surface area contributed by atoms with Crippen LogP contribution in [-0.2, 0) is 0 Å². The molecule has 1 N–H and O–H groups in total. The van der Waals surface area contributed by atoms with E-state index in [1.165, 1.54) is 12.3 Å². The maximum atomic E-state index is 11.9. The Kier molecular flexibility index (Phi) is 3.39. The molecule has 0 saturated heterocycles. The van der Waals surface area contributed by atoms with Crippen molar-refractivity contribution in [3.05, 3.63) is 18.3 Å². The van der Waals surface area contributed by atoms with E-state index in [-0.39, 0.29) is 11.8 Å². The molecule has 0 aliphatic rings. The van der Waals surface area contributed by atoms with Crippen LogP contribution >= 0.6 is 0 Å². The standard InChI is InChI=1S/C9H11F3N2O/c1-6(2)14-8-5-7(3-4-13-8)15-9(10,11)12/h3-6H,1-2H3,(H,13,14). The highest BCUT2D eigenvalue weighted by Crippen LogP contribution is 2.23. The largest absolute Gasteiger partial charge is 0.573 e. The van der Waals surface area contributed by atoms with Gasteiger partial charge in [-0.2, -0.15) is 0 Å². The molecule has 6 heteroatoms. The molecule has 0 atom stereocenters. The van der Waals surface area contributed by atoms with Crippen molar-refractivity contribution in [3.8, 4) is 5.75 Å². The van der Waals surface area contributed by atoms with E-state index in [4.69, 9.17) is 0 Å². The van der Waals surface area contributed by atoms with Crippen molar-refractivity contribution < 1.29 is 17.9 Å². The van der Waals surface area contributed by atoms with Gasteiger partial charge in [-0.25, -0.2) is 4.98 Å². The summed E-state index contributed by atoms with van der Waals surface area (Å²) in [5, 5.41) is 2.87. The van der Waals surface area contributed by atoms with Gasteiger partial charge >= 0.3 is 6.36 Å². The number of ether oxygens (including phenoxy) is 1. The third-order valence-electron chi connectivity index (χ3n) is 1.40. The molecule has 0 unspecified atom stereocenters. The number of nitrogens with one attached hydrogen (secondary N) is 1. The number of anilines is 1. The molecular weight excluding hydrogens is 209 g/mol. The molecular formula is C9H11F3N2O. The second-order valence-corrected chi connectivity index (χ2v) is 3.22. The zero-order chi connectivity index (χ0) is 11.5. The molecule has 1 heterocycles. The zero-order valence-corrected chi connectivity index (χ0v) is 8.30. The lowest BCUT2D eigenvalue weighted by Crippen LogP contribution is -2.17. The van der Waals surface area contributed by atoms with Crippen LogP contribution in [0.15, 0.2) is 18.3 Å². The van der Waals surface area contributed by atoms with Gasteiger partial charge in [0.1, 0.15) is 11.6 Å². The van der Waals surface area contributed by atoms with Gasteiger partial charge in [0.05, 0.1) is 0 Å². The van der Waals surface area contributed by atoms with Crippen molar-refractivity contribution in [1.82, 2.24) is 4.98 Å². The van der Waals surface area contributed by atoms with Gasteiger partial charge in [-0.1, -0.05) is 0 Å². The summed E-state index contributed by atoms with van der Waals surface area (Å²) in [6.07, 6.45) is -3.41. The average Bonchev–Trinajstić information content (AvgIpc) is 1.99. The first-order valence-corrected chi connectivity index (χ1v) is 4.35. The van der Waals surface area contributed by atoms with Gasteiger partial charge in [0.25, 0.3) is 0 Å². The summed E-state index contributed by atoms with van der Waals surface area (Å²) in [6.45, 7) is 3.72. The van der Waals surface area contributed by atoms with E-state index in [2.05, 4.69) is 15.0 Å². The van der Waals surface area contributed by atoms with Crippen LogP contribution in [0.2, 0.25) is 0 Å². The smallest absolute Gasteiger partial charge is 0.406 e. The van der Waals surface area contributed by atoms with Crippen molar-refractivity contribution in [2.45, 2.75) is 26.3 Å². The van der Waals surface area contributed by atoms with E-state index in [0.29, 0.717) is 5.82 Å². The van der Waals surface area contributed by atoms with Crippen molar-refractivity contribution in [3.63, 3.8) is 0 Å². The Morgan fingerprint density at radius 2 is 2.07 bits per heavy atom. The van der Waals surface area contributed by atoms with Crippen LogP contribution in [0, 0.1) is 0 Å². The number of pyridine rings is 1. The first-order valence-electron chi connectivity index (χ1n) is 4.35. The van der Waals surface area contributed by atoms with E-state index in [1.807, 2.05) is 13.8 Å². The minimum Gasteiger partial charge on any atom is -0.406 e. The molecule has 84 valence electrons. The minimum absolute atomic E-state index is 0.0960. The first-order chi connectivity index (χ1) is 6.87. The predicted molar refractivity (Wildman–Crippen MR) is 49.7 cm³/mol. The minimum atomic E-state index is -4.67. The van der Waals surface area contributed by atoms with Crippen LogP contribution < -0.4 is 10.1 Å². The predicted octanol–water partition coefficient (Wildman–Crippen LogP) is 2.80. The summed E-state index contributed by atoms with van der Waals surface area (Å²) in [5.74, 6) is 0.0763. The highest BCUT2D eigenvalue weighted by molar-refractivity contribution is 5.41. The summed E-state index contributed by atoms with van der Waals surface area (Å²) in [7, 11) is 0. The molecule has 1 rings (SSSR count). The van der Waals surface area contributed by atoms with Crippen LogP contribution in [0.5, 0.6) is 5.75 Å². The first kappa shape index (κ1) is 11.6. The third kappa shape index (κ3) is 4.53. The maximum Gasteiger partial charge on any atom is 0.573 e. The summed E-state index contributed by atoms with van der Waals surface area (Å²) in [6, 6.07) is 2.45. The quantitative estimate of drug-likeness (QED) is 0.850. The number of aromatic nitrogens is 1. The number of nitrogens with zero attached hydrogens (tertiary/aromatic N) is 1. The zero-order valence-electron chi connectivity index (χ0n) is 8.30. The van der Waals surface area contributed by atoms with Crippen LogP contribution in [0.25, 0.3) is 0 Å². The van der Waals surface area contributed by atoms with Crippen LogP contribution in [0.4, 0.5) is 19.0 Å². The number of alkyl halides is 3. The lowest BCUT2D eigenvalue weighted by atomic mass is 10.3. The monoisotopic (exact) mass is 220 g/mol. The van der Waals surface area contributed by atoms with E-state index in [9.17, 15) is 13.2 Å². The summed E-state index contributed by atoms with van der Waals surface area (Å²) in [4.78, 5) is 3.85. The Labute approximate surface area is 85.3 Å². The lowest BCUT2D eigenvalue weighted by molar-refractivity contribution is -0.274. The SMILES string of the molecule is CC(C)Nc1cc(OC(F)(F)F)ccn1. The van der Waals surface area contributed by atoms with Crippen LogP contribution in [0.3, 0.4) is 0 Å². The van der Waals surface area contributed by atoms with Crippen LogP contribution in [0.1, 0.15) is 13.8 Å². The normalized spacial score (nSPS) is 11.6. The Balaban J connectivity index is 2.74. The van der Waals surface area contributed by atoms with Gasteiger partial charge in [0.2, 0.25) is 0 Å². The van der Waals surface area contributed by atoms with Gasteiger partial charge < -0.3 is 10.1 Å². The number of halogens is 3. The number of hydrogen-bond acceptors (Lipinski definition) is 3. The molecule has 0 amide bonds. The molecule has 0 aromatic carbocycles. The van der Waals surface area contributed by atoms with Gasteiger partial charge in [0.15, 0.2) is 0 Å². The Morgan fingerprint density at radius 1 is 1.40 bits per heavy atom. The fourth-order valence-electron chi connectivity index (χ4n) is 0.983. The number of rotatable bonds is 3. The average molecular weight is 220 g/mol. The molecule has 0 spiro atoms. The fraction of sp³-hybridized carbons (Fsp3) is 0.444. The lowest BCUT2D eigenvalue weighted by Gasteiger charge is -2.11. The molecule has 15 heavy (non-hydrogen) atoms. The summed E-state index contributed by atoms with van der Waals surface area (Å²) < 4.78 is 39.4. The van der Waals surface area contributed by atoms with Crippen molar-refractivity contribution in [1.29, 1.82) is 0 Å². The molecule has 0 bridgehead atoms. The van der Waals surface area contributed by atoms with Crippen molar-refractivity contribution >= 4 is 5.82 Å². The maximum absolute atomic E-state index is 11.9. The van der Waals surface area contributed by atoms with Gasteiger partial charge in [-0.3, -0.25) is 0 Å². The molecule has 0 saturated carbocycles. The molecule has 0 radical (unpaired) electrons. The molecule has 1 aromatic heterocycles. The van der Waals surface area contributed by atoms with Crippen molar-refractivity contribution in [2.75, 3.05) is 5.32 Å². The Bertz CT molecular complexity index is 325.